The number of nitrogens with one attached hydrogen (secondary N) is 2. The molecular formula is C31H41FN6O3S. The summed E-state index contributed by atoms with van der Waals surface area (Å²) in [7, 11) is -2.23. The second kappa shape index (κ2) is 12.4. The highest BCUT2D eigenvalue weighted by Crippen LogP contribution is 2.34. The van der Waals surface area contributed by atoms with Crippen LogP contribution in [0, 0.1) is 11.9 Å². The Kier molecular flexibility index (Phi) is 9.32. The van der Waals surface area contributed by atoms with Gasteiger partial charge in [0.25, 0.3) is 15.9 Å². The molecule has 0 bridgehead atoms. The third kappa shape index (κ3) is 7.89. The molecule has 0 radical (unpaired) electrons. The molecule has 0 aliphatic carbocycles. The summed E-state index contributed by atoms with van der Waals surface area (Å²) in [6, 6.07) is 13.0. The van der Waals surface area contributed by atoms with E-state index in [0.717, 1.165) is 31.5 Å². The van der Waals surface area contributed by atoms with Crippen molar-refractivity contribution < 1.29 is 17.6 Å². The molecule has 3 aromatic heterocycles. The van der Waals surface area contributed by atoms with Crippen LogP contribution in [0.3, 0.4) is 0 Å². The minimum atomic E-state index is -4.39. The van der Waals surface area contributed by atoms with Gasteiger partial charge >= 0.3 is 0 Å². The fraction of sp³-hybridized carbons (Fsp3) is 0.484. The predicted molar refractivity (Wildman–Crippen MR) is 161 cm³/mol. The molecule has 42 heavy (non-hydrogen) atoms. The van der Waals surface area contributed by atoms with Crippen LogP contribution in [0.1, 0.15) is 75.6 Å². The highest BCUT2D eigenvalue weighted by Gasteiger charge is 2.35. The Balaban J connectivity index is 1.48. The number of sulfonamides is 1. The van der Waals surface area contributed by atoms with Gasteiger partial charge in [0.2, 0.25) is 5.95 Å². The zero-order valence-corrected chi connectivity index (χ0v) is 26.0. The Hall–Kier alpha value is -3.44. The minimum absolute atomic E-state index is 0.0459. The molecule has 1 amide bonds. The predicted octanol–water partition coefficient (Wildman–Crippen LogP) is 4.96. The highest BCUT2D eigenvalue weighted by atomic mass is 32.2. The Morgan fingerprint density at radius 2 is 1.88 bits per heavy atom. The van der Waals surface area contributed by atoms with Gasteiger partial charge in [0.05, 0.1) is 5.56 Å². The second-order valence-corrected chi connectivity index (χ2v) is 14.4. The molecule has 1 unspecified atom stereocenters. The van der Waals surface area contributed by atoms with Crippen molar-refractivity contribution >= 4 is 21.7 Å². The van der Waals surface area contributed by atoms with Crippen molar-refractivity contribution in [3.8, 4) is 0 Å². The monoisotopic (exact) mass is 596 g/mol. The molecule has 3 aromatic rings. The number of anilines is 1. The topological polar surface area (TPSA) is 117 Å². The van der Waals surface area contributed by atoms with Crippen LogP contribution in [0.4, 0.5) is 10.2 Å². The number of pyridine rings is 3. The summed E-state index contributed by atoms with van der Waals surface area (Å²) in [6.45, 7) is 11.1. The summed E-state index contributed by atoms with van der Waals surface area (Å²) >= 11 is 0. The number of carbonyl (C=O) groups excluding carboxylic acids is 1. The van der Waals surface area contributed by atoms with E-state index in [4.69, 9.17) is 0 Å². The lowest BCUT2D eigenvalue weighted by Crippen LogP contribution is -2.34. The maximum Gasteiger partial charge on any atom is 0.281 e. The van der Waals surface area contributed by atoms with Crippen molar-refractivity contribution in [2.75, 3.05) is 18.9 Å². The number of nitrogens with zero attached hydrogens (tertiary/aromatic N) is 4. The number of amides is 1. The molecule has 226 valence electrons. The fourth-order valence-corrected chi connectivity index (χ4v) is 6.23. The lowest BCUT2D eigenvalue weighted by molar-refractivity contribution is 0.0976. The van der Waals surface area contributed by atoms with Crippen LogP contribution in [0.5, 0.6) is 0 Å². The van der Waals surface area contributed by atoms with E-state index in [1.54, 1.807) is 18.3 Å². The Morgan fingerprint density at radius 1 is 1.12 bits per heavy atom. The molecule has 2 N–H and O–H groups in total. The smallest absolute Gasteiger partial charge is 0.281 e. The lowest BCUT2D eigenvalue weighted by atomic mass is 9.91. The van der Waals surface area contributed by atoms with Crippen LogP contribution in [0.15, 0.2) is 59.8 Å². The van der Waals surface area contributed by atoms with E-state index in [9.17, 15) is 17.6 Å². The van der Waals surface area contributed by atoms with Crippen molar-refractivity contribution in [1.82, 2.24) is 24.6 Å². The molecule has 11 heteroatoms. The maximum absolute atomic E-state index is 14.6. The first kappa shape index (κ1) is 31.5. The van der Waals surface area contributed by atoms with Crippen molar-refractivity contribution in [3.05, 3.63) is 77.6 Å². The molecule has 9 nitrogen and oxygen atoms in total. The van der Waals surface area contributed by atoms with Gasteiger partial charge in [-0.05, 0) is 82.5 Å². The van der Waals surface area contributed by atoms with Crippen LogP contribution >= 0.6 is 0 Å². The van der Waals surface area contributed by atoms with E-state index in [2.05, 4.69) is 46.1 Å². The minimum Gasteiger partial charge on any atom is -0.367 e. The molecule has 1 fully saturated rings. The number of rotatable bonds is 10. The zero-order chi connectivity index (χ0) is 30.7. The van der Waals surface area contributed by atoms with E-state index in [1.807, 2.05) is 43.7 Å². The average molecular weight is 597 g/mol. The number of likely N-dealkylation sites (tertiary alicyclic amines) is 1. The number of hydrogen-bond acceptors (Lipinski definition) is 8. The first-order valence-corrected chi connectivity index (χ1v) is 15.7. The van der Waals surface area contributed by atoms with Crippen molar-refractivity contribution in [3.63, 3.8) is 0 Å². The summed E-state index contributed by atoms with van der Waals surface area (Å²) in [6.07, 6.45) is 5.35. The van der Waals surface area contributed by atoms with Gasteiger partial charge in [0.15, 0.2) is 5.03 Å². The molecule has 1 saturated heterocycles. The first-order valence-electron chi connectivity index (χ1n) is 14.2. The van der Waals surface area contributed by atoms with Crippen LogP contribution in [-0.4, -0.2) is 59.4 Å². The summed E-state index contributed by atoms with van der Waals surface area (Å²) in [5.74, 6) is -1.23. The third-order valence-corrected chi connectivity index (χ3v) is 9.13. The van der Waals surface area contributed by atoms with E-state index < -0.39 is 32.9 Å². The number of aromatic nitrogens is 3. The van der Waals surface area contributed by atoms with Gasteiger partial charge in [-0.15, -0.1) is 0 Å². The Morgan fingerprint density at radius 3 is 2.50 bits per heavy atom. The quantitative estimate of drug-likeness (QED) is 0.316. The third-order valence-electron chi connectivity index (χ3n) is 7.90. The number of halogens is 1. The normalized spacial score (nSPS) is 18.0. The first-order chi connectivity index (χ1) is 19.6. The summed E-state index contributed by atoms with van der Waals surface area (Å²) in [5, 5.41) is 3.05. The molecule has 4 heterocycles. The highest BCUT2D eigenvalue weighted by molar-refractivity contribution is 7.90. The molecule has 1 aliphatic rings. The second-order valence-electron chi connectivity index (χ2n) is 12.8. The summed E-state index contributed by atoms with van der Waals surface area (Å²) in [5.41, 5.74) is 0.637. The molecule has 0 saturated carbocycles. The van der Waals surface area contributed by atoms with Gasteiger partial charge in [-0.1, -0.05) is 32.9 Å². The van der Waals surface area contributed by atoms with Crippen molar-refractivity contribution in [1.29, 1.82) is 0 Å². The number of hydrogen-bond donors (Lipinski definition) is 2. The van der Waals surface area contributed by atoms with Crippen LogP contribution in [0.2, 0.25) is 0 Å². The van der Waals surface area contributed by atoms with E-state index in [0.29, 0.717) is 23.9 Å². The van der Waals surface area contributed by atoms with Gasteiger partial charge in [-0.2, -0.15) is 12.8 Å². The molecular weight excluding hydrogens is 555 g/mol. The van der Waals surface area contributed by atoms with E-state index in [-0.39, 0.29) is 16.6 Å². The van der Waals surface area contributed by atoms with Crippen LogP contribution in [0.25, 0.3) is 0 Å². The Labute approximate surface area is 248 Å². The molecule has 1 aliphatic heterocycles. The molecule has 2 atom stereocenters. The van der Waals surface area contributed by atoms with Gasteiger partial charge in [-0.25, -0.2) is 14.7 Å². The standard InChI is InChI=1S/C31H41FN6O3S/c1-30(2,3)25-16-15-24(28(32)35-25)29(39)37-42(40,41)27-12-9-11-26(36-27)34-23(18-22-10-7-8-17-33-22)14-13-21-19-31(4,5)38(6)20-21/h7-12,15-17,21,23H,13-14,18-20H2,1-6H3,(H,34,36)(H,37,39)/t21-,23?/m0/s1. The van der Waals surface area contributed by atoms with Gasteiger partial charge in [0.1, 0.15) is 5.82 Å². The van der Waals surface area contributed by atoms with Crippen LogP contribution in [-0.2, 0) is 21.9 Å². The average Bonchev–Trinajstić information content (AvgIpc) is 3.18. The fourth-order valence-electron chi connectivity index (χ4n) is 5.29. The lowest BCUT2D eigenvalue weighted by Gasteiger charge is -2.26. The van der Waals surface area contributed by atoms with E-state index >= 15 is 0 Å². The van der Waals surface area contributed by atoms with Gasteiger partial charge in [0, 0.05) is 47.5 Å². The summed E-state index contributed by atoms with van der Waals surface area (Å²) < 4.78 is 42.8. The van der Waals surface area contributed by atoms with Crippen molar-refractivity contribution in [2.24, 2.45) is 5.92 Å². The maximum atomic E-state index is 14.6. The van der Waals surface area contributed by atoms with Crippen LogP contribution < -0.4 is 10.0 Å². The largest absolute Gasteiger partial charge is 0.367 e. The van der Waals surface area contributed by atoms with Gasteiger partial charge in [-0.3, -0.25) is 9.78 Å². The van der Waals surface area contributed by atoms with Crippen molar-refractivity contribution in [2.45, 2.75) is 82.3 Å². The van der Waals surface area contributed by atoms with E-state index in [1.165, 1.54) is 18.2 Å². The zero-order valence-electron chi connectivity index (χ0n) is 25.2. The number of carbonyl (C=O) groups is 1. The molecule has 4 rings (SSSR count). The van der Waals surface area contributed by atoms with Gasteiger partial charge < -0.3 is 10.2 Å². The SMILES string of the molecule is CN1C[C@@H](CCC(Cc2ccccn2)Nc2cccc(S(=O)(=O)NC(=O)c3ccc(C(C)(C)C)nc3F)n2)CC1(C)C. The Bertz CT molecular complexity index is 1510. The molecule has 0 spiro atoms. The molecule has 0 aromatic carbocycles. The summed E-state index contributed by atoms with van der Waals surface area (Å²) in [4.78, 5) is 27.8.